The van der Waals surface area contributed by atoms with Gasteiger partial charge < -0.3 is 10.2 Å². The fourth-order valence-corrected chi connectivity index (χ4v) is 3.38. The zero-order chi connectivity index (χ0) is 10.7. The van der Waals surface area contributed by atoms with E-state index in [9.17, 15) is 0 Å². The Morgan fingerprint density at radius 2 is 1.93 bits per heavy atom. The van der Waals surface area contributed by atoms with Crippen LogP contribution in [0, 0.1) is 11.3 Å². The predicted octanol–water partition coefficient (Wildman–Crippen LogP) is 2.11. The monoisotopic (exact) mass is 210 g/mol. The topological polar surface area (TPSA) is 15.3 Å². The van der Waals surface area contributed by atoms with Gasteiger partial charge in [0.15, 0.2) is 0 Å². The maximum atomic E-state index is 3.40. The molecule has 0 aromatic heterocycles. The third kappa shape index (κ3) is 2.73. The number of rotatable bonds is 4. The molecule has 15 heavy (non-hydrogen) atoms. The fraction of sp³-hybridized carbons (Fsp3) is 1.00. The van der Waals surface area contributed by atoms with E-state index in [4.69, 9.17) is 0 Å². The number of hydrogen-bond donors (Lipinski definition) is 1. The lowest BCUT2D eigenvalue weighted by Crippen LogP contribution is -2.42. The summed E-state index contributed by atoms with van der Waals surface area (Å²) in [5.74, 6) is 1.01. The van der Waals surface area contributed by atoms with E-state index in [1.165, 1.54) is 58.2 Å². The molecule has 0 bridgehead atoms. The lowest BCUT2D eigenvalue weighted by Gasteiger charge is -2.45. The quantitative estimate of drug-likeness (QED) is 0.764. The zero-order valence-electron chi connectivity index (χ0n) is 10.4. The van der Waals surface area contributed by atoms with E-state index in [1.54, 1.807) is 0 Å². The van der Waals surface area contributed by atoms with Crippen LogP contribution in [0.1, 0.15) is 38.5 Å². The van der Waals surface area contributed by atoms with Crippen LogP contribution < -0.4 is 5.32 Å². The van der Waals surface area contributed by atoms with Gasteiger partial charge in [0.1, 0.15) is 0 Å². The highest BCUT2D eigenvalue weighted by Crippen LogP contribution is 2.46. The smallest absolute Gasteiger partial charge is 0.000490 e. The van der Waals surface area contributed by atoms with E-state index < -0.39 is 0 Å². The highest BCUT2D eigenvalue weighted by atomic mass is 15.1. The van der Waals surface area contributed by atoms with Crippen LogP contribution in [-0.2, 0) is 0 Å². The summed E-state index contributed by atoms with van der Waals surface area (Å²) in [5.41, 5.74) is 0.690. The van der Waals surface area contributed by atoms with E-state index in [0.29, 0.717) is 5.41 Å². The van der Waals surface area contributed by atoms with Crippen molar-refractivity contribution in [3.8, 4) is 0 Å². The number of piperidine rings is 1. The van der Waals surface area contributed by atoms with E-state index in [2.05, 4.69) is 24.3 Å². The Hall–Kier alpha value is -0.0800. The summed E-state index contributed by atoms with van der Waals surface area (Å²) in [6, 6.07) is 0. The molecule has 1 aliphatic carbocycles. The van der Waals surface area contributed by atoms with Crippen molar-refractivity contribution in [3.63, 3.8) is 0 Å². The molecule has 2 rings (SSSR count). The lowest BCUT2D eigenvalue weighted by atomic mass is 9.63. The normalized spacial score (nSPS) is 27.6. The minimum Gasteiger partial charge on any atom is -0.319 e. The summed E-state index contributed by atoms with van der Waals surface area (Å²) in [6.07, 6.45) is 8.76. The summed E-state index contributed by atoms with van der Waals surface area (Å²) >= 11 is 0. The second-order valence-electron chi connectivity index (χ2n) is 5.83. The van der Waals surface area contributed by atoms with Crippen LogP contribution in [0.15, 0.2) is 0 Å². The fourth-order valence-electron chi connectivity index (χ4n) is 3.38. The van der Waals surface area contributed by atoms with Crippen molar-refractivity contribution in [2.45, 2.75) is 38.5 Å². The summed E-state index contributed by atoms with van der Waals surface area (Å²) in [7, 11) is 4.36. The van der Waals surface area contributed by atoms with Gasteiger partial charge in [0.25, 0.3) is 0 Å². The molecule has 2 nitrogen and oxygen atoms in total. The van der Waals surface area contributed by atoms with Gasteiger partial charge in [-0.3, -0.25) is 0 Å². The molecule has 0 aromatic rings. The summed E-state index contributed by atoms with van der Waals surface area (Å²) in [5, 5.41) is 3.40. The van der Waals surface area contributed by atoms with Crippen molar-refractivity contribution in [2.75, 3.05) is 33.7 Å². The van der Waals surface area contributed by atoms with E-state index in [1.807, 2.05) is 0 Å². The first-order chi connectivity index (χ1) is 7.24. The van der Waals surface area contributed by atoms with Crippen molar-refractivity contribution in [1.29, 1.82) is 0 Å². The Bertz CT molecular complexity index is 191. The van der Waals surface area contributed by atoms with Crippen LogP contribution >= 0.6 is 0 Å². The van der Waals surface area contributed by atoms with Crippen LogP contribution in [0.3, 0.4) is 0 Å². The average Bonchev–Trinajstić information content (AvgIpc) is 2.18. The average molecular weight is 210 g/mol. The zero-order valence-corrected chi connectivity index (χ0v) is 10.4. The molecule has 0 radical (unpaired) electrons. The summed E-state index contributed by atoms with van der Waals surface area (Å²) in [4.78, 5) is 2.47. The highest BCUT2D eigenvalue weighted by Gasteiger charge is 2.38. The maximum absolute atomic E-state index is 3.40. The molecule has 2 aliphatic rings. The molecule has 1 saturated carbocycles. The van der Waals surface area contributed by atoms with Gasteiger partial charge in [-0.15, -0.1) is 0 Å². The van der Waals surface area contributed by atoms with Crippen LogP contribution in [0.2, 0.25) is 0 Å². The molecule has 88 valence electrons. The third-order valence-electron chi connectivity index (χ3n) is 4.53. The van der Waals surface area contributed by atoms with Gasteiger partial charge in [-0.1, -0.05) is 6.42 Å². The molecule has 2 fully saturated rings. The molecule has 1 aliphatic heterocycles. The minimum atomic E-state index is 0.690. The molecule has 1 N–H and O–H groups in total. The van der Waals surface area contributed by atoms with Crippen LogP contribution in [0.25, 0.3) is 0 Å². The Labute approximate surface area is 94.4 Å². The molecular formula is C13H26N2. The summed E-state index contributed by atoms with van der Waals surface area (Å²) in [6.45, 7) is 3.89. The van der Waals surface area contributed by atoms with Gasteiger partial charge in [0.2, 0.25) is 0 Å². The van der Waals surface area contributed by atoms with Gasteiger partial charge in [-0.25, -0.2) is 0 Å². The van der Waals surface area contributed by atoms with Crippen molar-refractivity contribution in [3.05, 3.63) is 0 Å². The molecule has 2 heteroatoms. The van der Waals surface area contributed by atoms with Gasteiger partial charge in [-0.05, 0) is 70.6 Å². The van der Waals surface area contributed by atoms with Gasteiger partial charge in [0, 0.05) is 6.54 Å². The standard InChI is InChI=1S/C13H26N2/c1-14-11-13(6-3-7-13)10-12-4-8-15(2)9-5-12/h12,14H,3-11H2,1-2H3. The maximum Gasteiger partial charge on any atom is 0.000490 e. The minimum absolute atomic E-state index is 0.690. The van der Waals surface area contributed by atoms with Gasteiger partial charge in [-0.2, -0.15) is 0 Å². The van der Waals surface area contributed by atoms with Crippen molar-refractivity contribution >= 4 is 0 Å². The second kappa shape index (κ2) is 4.84. The molecular weight excluding hydrogens is 184 g/mol. The van der Waals surface area contributed by atoms with Crippen LogP contribution in [-0.4, -0.2) is 38.6 Å². The first-order valence-electron chi connectivity index (χ1n) is 6.57. The predicted molar refractivity (Wildman–Crippen MR) is 65.0 cm³/mol. The Morgan fingerprint density at radius 3 is 2.40 bits per heavy atom. The molecule has 0 spiro atoms. The van der Waals surface area contributed by atoms with E-state index in [0.717, 1.165) is 5.92 Å². The Morgan fingerprint density at radius 1 is 1.27 bits per heavy atom. The van der Waals surface area contributed by atoms with Crippen LogP contribution in [0.4, 0.5) is 0 Å². The molecule has 0 amide bonds. The first kappa shape index (κ1) is 11.4. The largest absolute Gasteiger partial charge is 0.319 e. The molecule has 0 aromatic carbocycles. The number of likely N-dealkylation sites (tertiary alicyclic amines) is 1. The van der Waals surface area contributed by atoms with Crippen molar-refractivity contribution in [1.82, 2.24) is 10.2 Å². The van der Waals surface area contributed by atoms with Crippen molar-refractivity contribution in [2.24, 2.45) is 11.3 Å². The van der Waals surface area contributed by atoms with Crippen LogP contribution in [0.5, 0.6) is 0 Å². The first-order valence-corrected chi connectivity index (χ1v) is 6.57. The Kier molecular flexibility index (Phi) is 3.68. The molecule has 1 saturated heterocycles. The number of hydrogen-bond acceptors (Lipinski definition) is 2. The van der Waals surface area contributed by atoms with Gasteiger partial charge in [0.05, 0.1) is 0 Å². The molecule has 0 atom stereocenters. The van der Waals surface area contributed by atoms with Crippen molar-refractivity contribution < 1.29 is 0 Å². The van der Waals surface area contributed by atoms with E-state index in [-0.39, 0.29) is 0 Å². The molecule has 0 unspecified atom stereocenters. The summed E-state index contributed by atoms with van der Waals surface area (Å²) < 4.78 is 0. The Balaban J connectivity index is 1.79. The second-order valence-corrected chi connectivity index (χ2v) is 5.83. The SMILES string of the molecule is CNCC1(CC2CCN(C)CC2)CCC1. The lowest BCUT2D eigenvalue weighted by molar-refractivity contribution is 0.0724. The number of nitrogens with one attached hydrogen (secondary N) is 1. The van der Waals surface area contributed by atoms with E-state index >= 15 is 0 Å². The van der Waals surface area contributed by atoms with Gasteiger partial charge >= 0.3 is 0 Å². The number of nitrogens with zero attached hydrogens (tertiary/aromatic N) is 1. The molecule has 1 heterocycles. The highest BCUT2D eigenvalue weighted by molar-refractivity contribution is 4.91. The third-order valence-corrected chi connectivity index (χ3v) is 4.53.